The van der Waals surface area contributed by atoms with Crippen molar-refractivity contribution in [3.05, 3.63) is 30.5 Å². The minimum Gasteiger partial charge on any atom is -0.506 e. The van der Waals surface area contributed by atoms with Crippen molar-refractivity contribution in [1.82, 2.24) is 4.57 Å². The van der Waals surface area contributed by atoms with Crippen LogP contribution in [0.1, 0.15) is 0 Å². The average molecular weight is 353 g/mol. The molecular weight excluding hydrogens is 334 g/mol. The van der Waals surface area contributed by atoms with Crippen molar-refractivity contribution < 1.29 is 39.8 Å². The van der Waals surface area contributed by atoms with Gasteiger partial charge in [0.2, 0.25) is 6.29 Å². The van der Waals surface area contributed by atoms with Crippen molar-refractivity contribution in [3.8, 4) is 5.75 Å². The number of hydrogen-bond donors (Lipinski definition) is 5. The van der Waals surface area contributed by atoms with Gasteiger partial charge < -0.3 is 39.6 Å². The van der Waals surface area contributed by atoms with Gasteiger partial charge in [0, 0.05) is 11.6 Å². The van der Waals surface area contributed by atoms with Gasteiger partial charge in [0.05, 0.1) is 12.1 Å². The van der Waals surface area contributed by atoms with Crippen LogP contribution in [0.15, 0.2) is 30.5 Å². The normalized spacial score (nSPS) is 29.7. The molecule has 5 N–H and O–H groups in total. The Balaban J connectivity index is 1.71. The maximum absolute atomic E-state index is 12.1. The van der Waals surface area contributed by atoms with E-state index in [1.807, 2.05) is 0 Å². The van der Waals surface area contributed by atoms with E-state index in [1.165, 1.54) is 10.8 Å². The first-order chi connectivity index (χ1) is 11.9. The number of aromatic hydroxyl groups is 1. The molecule has 5 atom stereocenters. The van der Waals surface area contributed by atoms with Crippen molar-refractivity contribution in [2.45, 2.75) is 37.3 Å². The molecule has 1 fully saturated rings. The summed E-state index contributed by atoms with van der Waals surface area (Å²) in [5.74, 6) is -0.777. The summed E-state index contributed by atoms with van der Waals surface area (Å²) < 4.78 is 11.6. The van der Waals surface area contributed by atoms with E-state index in [-0.39, 0.29) is 12.3 Å². The standard InChI is InChI=1S/C16H19NO8/c18-7-11-13(21)14(22)15(23)16(24-11)25-12(20)6-17-5-10(19)8-3-1-2-4-9(8)17/h1-5,11,13-16,18-19,21-23H,6-7H2/t11-,13-,14+,15+,16-/m1/s1. The smallest absolute Gasteiger partial charge is 0.328 e. The number of esters is 1. The summed E-state index contributed by atoms with van der Waals surface area (Å²) in [4.78, 5) is 12.1. The van der Waals surface area contributed by atoms with Crippen LogP contribution in [0, 0.1) is 0 Å². The third-order valence-corrected chi connectivity index (χ3v) is 4.16. The predicted octanol–water partition coefficient (Wildman–Crippen LogP) is -1.31. The van der Waals surface area contributed by atoms with Crippen LogP contribution >= 0.6 is 0 Å². The first kappa shape index (κ1) is 17.6. The lowest BCUT2D eigenvalue weighted by molar-refractivity contribution is -0.292. The Hall–Kier alpha value is -2.17. The SMILES string of the molecule is O=C(Cn1cc(O)c2ccccc21)O[C@H]1O[C@H](CO)[C@@H](O)[C@H](O)[C@@H]1O. The Morgan fingerprint density at radius 1 is 1.16 bits per heavy atom. The molecule has 3 rings (SSSR count). The first-order valence-corrected chi connectivity index (χ1v) is 7.69. The molecule has 1 aromatic carbocycles. The Morgan fingerprint density at radius 2 is 1.88 bits per heavy atom. The summed E-state index contributed by atoms with van der Waals surface area (Å²) in [7, 11) is 0. The van der Waals surface area contributed by atoms with E-state index < -0.39 is 43.3 Å². The molecule has 0 aliphatic carbocycles. The molecule has 0 bridgehead atoms. The lowest BCUT2D eigenvalue weighted by Crippen LogP contribution is -2.59. The van der Waals surface area contributed by atoms with Gasteiger partial charge in [-0.25, -0.2) is 0 Å². The molecule has 0 saturated carbocycles. The number of rotatable bonds is 4. The maximum atomic E-state index is 12.1. The van der Waals surface area contributed by atoms with Crippen LogP contribution in [0.3, 0.4) is 0 Å². The Kier molecular flexibility index (Phi) is 4.93. The molecule has 0 radical (unpaired) electrons. The second kappa shape index (κ2) is 6.98. The van der Waals surface area contributed by atoms with Crippen molar-refractivity contribution in [3.63, 3.8) is 0 Å². The van der Waals surface area contributed by atoms with Gasteiger partial charge in [-0.3, -0.25) is 4.79 Å². The van der Waals surface area contributed by atoms with Gasteiger partial charge in [-0.15, -0.1) is 0 Å². The Labute approximate surface area is 142 Å². The van der Waals surface area contributed by atoms with E-state index in [0.717, 1.165) is 0 Å². The molecule has 2 heterocycles. The molecule has 1 aliphatic rings. The summed E-state index contributed by atoms with van der Waals surface area (Å²) in [6.45, 7) is -0.884. The minimum atomic E-state index is -1.66. The van der Waals surface area contributed by atoms with E-state index in [9.17, 15) is 25.2 Å². The number of ether oxygens (including phenoxy) is 2. The largest absolute Gasteiger partial charge is 0.506 e. The van der Waals surface area contributed by atoms with Crippen LogP contribution < -0.4 is 0 Å². The lowest BCUT2D eigenvalue weighted by atomic mass is 9.99. The van der Waals surface area contributed by atoms with E-state index in [2.05, 4.69) is 0 Å². The van der Waals surface area contributed by atoms with Crippen molar-refractivity contribution in [2.24, 2.45) is 0 Å². The van der Waals surface area contributed by atoms with Crippen LogP contribution in [0.25, 0.3) is 10.9 Å². The number of aliphatic hydroxyl groups excluding tert-OH is 4. The fraction of sp³-hybridized carbons (Fsp3) is 0.438. The van der Waals surface area contributed by atoms with Gasteiger partial charge in [0.1, 0.15) is 36.7 Å². The molecule has 1 saturated heterocycles. The number of hydrogen-bond acceptors (Lipinski definition) is 8. The van der Waals surface area contributed by atoms with Crippen molar-refractivity contribution >= 4 is 16.9 Å². The molecule has 1 aliphatic heterocycles. The molecule has 0 amide bonds. The van der Waals surface area contributed by atoms with Gasteiger partial charge in [0.25, 0.3) is 0 Å². The summed E-state index contributed by atoms with van der Waals surface area (Å²) in [6, 6.07) is 6.92. The fourth-order valence-corrected chi connectivity index (χ4v) is 2.83. The van der Waals surface area contributed by atoms with Gasteiger partial charge in [0.15, 0.2) is 0 Å². The summed E-state index contributed by atoms with van der Waals surface area (Å²) in [5, 5.41) is 48.8. The van der Waals surface area contributed by atoms with Crippen LogP contribution in [-0.2, 0) is 20.8 Å². The molecule has 9 nitrogen and oxygen atoms in total. The summed E-state index contributed by atoms with van der Waals surface area (Å²) in [6.07, 6.45) is -6.12. The summed E-state index contributed by atoms with van der Waals surface area (Å²) in [5.41, 5.74) is 0.616. The topological polar surface area (TPSA) is 142 Å². The minimum absolute atomic E-state index is 0.0104. The molecule has 9 heteroatoms. The van der Waals surface area contributed by atoms with Crippen LogP contribution in [0.4, 0.5) is 0 Å². The second-order valence-corrected chi connectivity index (χ2v) is 5.85. The number of aliphatic hydroxyl groups is 4. The van der Waals surface area contributed by atoms with E-state index in [4.69, 9.17) is 14.6 Å². The maximum Gasteiger partial charge on any atom is 0.328 e. The number of aromatic nitrogens is 1. The highest BCUT2D eigenvalue weighted by Gasteiger charge is 2.45. The average Bonchev–Trinajstić information content (AvgIpc) is 2.91. The quantitative estimate of drug-likeness (QED) is 0.427. The Bertz CT molecular complexity index is 758. The van der Waals surface area contributed by atoms with Crippen LogP contribution in [0.5, 0.6) is 5.75 Å². The molecule has 25 heavy (non-hydrogen) atoms. The number of nitrogens with zero attached hydrogens (tertiary/aromatic N) is 1. The van der Waals surface area contributed by atoms with Gasteiger partial charge in [-0.05, 0) is 12.1 Å². The first-order valence-electron chi connectivity index (χ1n) is 7.69. The predicted molar refractivity (Wildman–Crippen MR) is 83.5 cm³/mol. The zero-order chi connectivity index (χ0) is 18.1. The van der Waals surface area contributed by atoms with Crippen molar-refractivity contribution in [2.75, 3.05) is 6.61 Å². The lowest BCUT2D eigenvalue weighted by Gasteiger charge is -2.39. The summed E-state index contributed by atoms with van der Waals surface area (Å²) >= 11 is 0. The third-order valence-electron chi connectivity index (χ3n) is 4.16. The fourth-order valence-electron chi connectivity index (χ4n) is 2.83. The number of carbonyl (C=O) groups is 1. The van der Waals surface area contributed by atoms with E-state index >= 15 is 0 Å². The molecule has 2 aromatic rings. The van der Waals surface area contributed by atoms with E-state index in [0.29, 0.717) is 10.9 Å². The van der Waals surface area contributed by atoms with Gasteiger partial charge in [-0.2, -0.15) is 0 Å². The third kappa shape index (κ3) is 3.32. The molecule has 0 unspecified atom stereocenters. The van der Waals surface area contributed by atoms with Crippen molar-refractivity contribution in [1.29, 1.82) is 0 Å². The highest BCUT2D eigenvalue weighted by atomic mass is 16.7. The molecule has 1 aromatic heterocycles. The monoisotopic (exact) mass is 353 g/mol. The number of benzene rings is 1. The number of carbonyl (C=O) groups excluding carboxylic acids is 1. The van der Waals surface area contributed by atoms with E-state index in [1.54, 1.807) is 24.3 Å². The number of para-hydroxylation sites is 1. The van der Waals surface area contributed by atoms with Crippen LogP contribution in [0.2, 0.25) is 0 Å². The van der Waals surface area contributed by atoms with Crippen LogP contribution in [-0.4, -0.2) is 73.4 Å². The van der Waals surface area contributed by atoms with Gasteiger partial charge >= 0.3 is 5.97 Å². The Morgan fingerprint density at radius 3 is 2.60 bits per heavy atom. The number of fused-ring (bicyclic) bond motifs is 1. The highest BCUT2D eigenvalue weighted by Crippen LogP contribution is 2.27. The molecule has 0 spiro atoms. The molecule has 136 valence electrons. The highest BCUT2D eigenvalue weighted by molar-refractivity contribution is 5.87. The molecular formula is C16H19NO8. The zero-order valence-corrected chi connectivity index (χ0v) is 13.1. The zero-order valence-electron chi connectivity index (χ0n) is 13.1. The second-order valence-electron chi connectivity index (χ2n) is 5.85. The van der Waals surface area contributed by atoms with Gasteiger partial charge in [-0.1, -0.05) is 12.1 Å².